The minimum Gasteiger partial charge on any atom is -0.380 e. The van der Waals surface area contributed by atoms with Gasteiger partial charge in [-0.3, -0.25) is 4.99 Å². The van der Waals surface area contributed by atoms with E-state index in [0.717, 1.165) is 31.2 Å². The van der Waals surface area contributed by atoms with Crippen molar-refractivity contribution in [3.05, 3.63) is 30.3 Å². The molecule has 0 bridgehead atoms. The minimum atomic E-state index is 0.359. The second-order valence-electron chi connectivity index (χ2n) is 5.24. The Hall–Kier alpha value is -1.71. The van der Waals surface area contributed by atoms with Crippen LogP contribution in [0, 0.1) is 5.92 Å². The van der Waals surface area contributed by atoms with Crippen LogP contribution in [0.5, 0.6) is 0 Å². The van der Waals surface area contributed by atoms with Crippen LogP contribution in [0.25, 0.3) is 0 Å². The predicted octanol–water partition coefficient (Wildman–Crippen LogP) is 2.70. The molecule has 0 aliphatic heterocycles. The van der Waals surface area contributed by atoms with Crippen LogP contribution in [0.4, 0.5) is 5.69 Å². The van der Waals surface area contributed by atoms with Gasteiger partial charge in [-0.1, -0.05) is 39.0 Å². The highest BCUT2D eigenvalue weighted by Crippen LogP contribution is 2.11. The quantitative estimate of drug-likeness (QED) is 0.530. The van der Waals surface area contributed by atoms with Gasteiger partial charge in [0.1, 0.15) is 0 Å². The van der Waals surface area contributed by atoms with Crippen molar-refractivity contribution in [3.63, 3.8) is 0 Å². The summed E-state index contributed by atoms with van der Waals surface area (Å²) in [7, 11) is 1.81. The van der Waals surface area contributed by atoms with E-state index in [1.54, 1.807) is 7.05 Å². The van der Waals surface area contributed by atoms with Gasteiger partial charge in [0.05, 0.1) is 0 Å². The Morgan fingerprint density at radius 1 is 1.15 bits per heavy atom. The molecule has 4 nitrogen and oxygen atoms in total. The number of guanidine groups is 1. The van der Waals surface area contributed by atoms with Gasteiger partial charge >= 0.3 is 0 Å². The minimum absolute atomic E-state index is 0.359. The summed E-state index contributed by atoms with van der Waals surface area (Å²) >= 11 is 0. The first-order valence-corrected chi connectivity index (χ1v) is 7.43. The molecule has 0 aliphatic carbocycles. The summed E-state index contributed by atoms with van der Waals surface area (Å²) in [4.78, 5) is 4.23. The molecule has 112 valence electrons. The van der Waals surface area contributed by atoms with Crippen molar-refractivity contribution < 1.29 is 0 Å². The molecule has 0 heterocycles. The molecule has 20 heavy (non-hydrogen) atoms. The highest BCUT2D eigenvalue weighted by Gasteiger charge is 2.13. The van der Waals surface area contributed by atoms with Crippen LogP contribution >= 0.6 is 0 Å². The summed E-state index contributed by atoms with van der Waals surface area (Å²) in [6.45, 7) is 8.39. The molecule has 3 N–H and O–H groups in total. The lowest BCUT2D eigenvalue weighted by Gasteiger charge is -2.25. The lowest BCUT2D eigenvalue weighted by atomic mass is 10.0. The number of nitrogens with zero attached hydrogens (tertiary/aromatic N) is 1. The van der Waals surface area contributed by atoms with E-state index in [1.165, 1.54) is 0 Å². The third-order valence-electron chi connectivity index (χ3n) is 3.19. The monoisotopic (exact) mass is 276 g/mol. The molecule has 1 rings (SSSR count). The Morgan fingerprint density at radius 3 is 2.40 bits per heavy atom. The molecule has 0 saturated carbocycles. The summed E-state index contributed by atoms with van der Waals surface area (Å²) in [6, 6.07) is 10.7. The zero-order valence-corrected chi connectivity index (χ0v) is 13.1. The van der Waals surface area contributed by atoms with Gasteiger partial charge in [-0.2, -0.15) is 0 Å². The molecule has 1 unspecified atom stereocenters. The summed E-state index contributed by atoms with van der Waals surface area (Å²) in [6.07, 6.45) is 1.09. The van der Waals surface area contributed by atoms with Gasteiger partial charge in [-0.25, -0.2) is 0 Å². The van der Waals surface area contributed by atoms with Gasteiger partial charge in [-0.15, -0.1) is 0 Å². The highest BCUT2D eigenvalue weighted by atomic mass is 15.2. The molecule has 0 fully saturated rings. The molecule has 0 saturated heterocycles. The van der Waals surface area contributed by atoms with Crippen molar-refractivity contribution >= 4 is 11.6 Å². The number of nitrogens with one attached hydrogen (secondary N) is 3. The maximum absolute atomic E-state index is 4.23. The number of aliphatic imine (C=N–C) groups is 1. The predicted molar refractivity (Wildman–Crippen MR) is 88.3 cm³/mol. The fourth-order valence-corrected chi connectivity index (χ4v) is 1.87. The van der Waals surface area contributed by atoms with Gasteiger partial charge in [0.25, 0.3) is 0 Å². The zero-order chi connectivity index (χ0) is 14.8. The molecule has 0 amide bonds. The Balaban J connectivity index is 2.51. The first-order chi connectivity index (χ1) is 9.67. The molecule has 0 radical (unpaired) electrons. The number of hydrogen-bond acceptors (Lipinski definition) is 2. The van der Waals surface area contributed by atoms with E-state index in [4.69, 9.17) is 0 Å². The number of benzene rings is 1. The lowest BCUT2D eigenvalue weighted by molar-refractivity contribution is 0.512. The van der Waals surface area contributed by atoms with E-state index in [0.29, 0.717) is 12.0 Å². The second kappa shape index (κ2) is 9.23. The van der Waals surface area contributed by atoms with E-state index in [2.05, 4.69) is 66.0 Å². The summed E-state index contributed by atoms with van der Waals surface area (Å²) in [5.41, 5.74) is 1.16. The number of rotatable bonds is 7. The van der Waals surface area contributed by atoms with Crippen LogP contribution in [-0.4, -0.2) is 32.1 Å². The fraction of sp³-hybridized carbons (Fsp3) is 0.562. The lowest BCUT2D eigenvalue weighted by Crippen LogP contribution is -2.45. The van der Waals surface area contributed by atoms with Crippen molar-refractivity contribution in [1.82, 2.24) is 10.6 Å². The summed E-state index contributed by atoms with van der Waals surface area (Å²) in [5.74, 6) is 1.40. The van der Waals surface area contributed by atoms with E-state index < -0.39 is 0 Å². The van der Waals surface area contributed by atoms with Gasteiger partial charge < -0.3 is 16.0 Å². The largest absolute Gasteiger partial charge is 0.380 e. The van der Waals surface area contributed by atoms with E-state index in [9.17, 15) is 0 Å². The second-order valence-corrected chi connectivity index (χ2v) is 5.24. The van der Waals surface area contributed by atoms with E-state index in [-0.39, 0.29) is 0 Å². The molecule has 1 aromatic rings. The maximum atomic E-state index is 4.23. The topological polar surface area (TPSA) is 48.5 Å². The van der Waals surface area contributed by atoms with Crippen LogP contribution in [0.1, 0.15) is 27.2 Å². The molecule has 0 aliphatic rings. The highest BCUT2D eigenvalue weighted by molar-refractivity contribution is 5.79. The number of hydrogen-bond donors (Lipinski definition) is 3. The zero-order valence-electron chi connectivity index (χ0n) is 13.1. The molecule has 0 aromatic heterocycles. The molecule has 1 atom stereocenters. The Labute approximate surface area is 123 Å². The van der Waals surface area contributed by atoms with Crippen molar-refractivity contribution in [3.8, 4) is 0 Å². The van der Waals surface area contributed by atoms with Crippen LogP contribution < -0.4 is 16.0 Å². The SMILES string of the molecule is CCCNC(=NC)NCC(Nc1ccccc1)C(C)C. The van der Waals surface area contributed by atoms with Crippen molar-refractivity contribution in [2.75, 3.05) is 25.5 Å². The van der Waals surface area contributed by atoms with E-state index in [1.807, 2.05) is 6.07 Å². The molecular formula is C16H28N4. The van der Waals surface area contributed by atoms with Crippen LogP contribution in [0.2, 0.25) is 0 Å². The van der Waals surface area contributed by atoms with Gasteiger partial charge in [0.2, 0.25) is 0 Å². The Bertz CT molecular complexity index is 387. The third-order valence-corrected chi connectivity index (χ3v) is 3.19. The van der Waals surface area contributed by atoms with Crippen molar-refractivity contribution in [1.29, 1.82) is 0 Å². The number of anilines is 1. The Kier molecular flexibility index (Phi) is 7.55. The maximum Gasteiger partial charge on any atom is 0.191 e. The fourth-order valence-electron chi connectivity index (χ4n) is 1.87. The standard InChI is InChI=1S/C16H28N4/c1-5-11-18-16(17-4)19-12-15(13(2)3)20-14-9-7-6-8-10-14/h6-10,13,15,20H,5,11-12H2,1-4H3,(H2,17,18,19). The first kappa shape index (κ1) is 16.3. The van der Waals surface area contributed by atoms with Gasteiger partial charge in [0.15, 0.2) is 5.96 Å². The Morgan fingerprint density at radius 2 is 1.85 bits per heavy atom. The van der Waals surface area contributed by atoms with Crippen molar-refractivity contribution in [2.24, 2.45) is 10.9 Å². The van der Waals surface area contributed by atoms with Crippen molar-refractivity contribution in [2.45, 2.75) is 33.2 Å². The molecule has 4 heteroatoms. The molecule has 1 aromatic carbocycles. The summed E-state index contributed by atoms with van der Waals surface area (Å²) in [5, 5.41) is 10.2. The van der Waals surface area contributed by atoms with E-state index >= 15 is 0 Å². The first-order valence-electron chi connectivity index (χ1n) is 7.43. The van der Waals surface area contributed by atoms with Crippen LogP contribution in [-0.2, 0) is 0 Å². The van der Waals surface area contributed by atoms with Gasteiger partial charge in [-0.05, 0) is 24.5 Å². The van der Waals surface area contributed by atoms with Crippen LogP contribution in [0.15, 0.2) is 35.3 Å². The summed E-state index contributed by atoms with van der Waals surface area (Å²) < 4.78 is 0. The third kappa shape index (κ3) is 5.95. The average Bonchev–Trinajstić information content (AvgIpc) is 2.47. The van der Waals surface area contributed by atoms with Gasteiger partial charge in [0, 0.05) is 31.9 Å². The smallest absolute Gasteiger partial charge is 0.191 e. The number of para-hydroxylation sites is 1. The molecular weight excluding hydrogens is 248 g/mol. The molecule has 0 spiro atoms. The average molecular weight is 276 g/mol. The van der Waals surface area contributed by atoms with Crippen LogP contribution in [0.3, 0.4) is 0 Å². The normalized spacial score (nSPS) is 13.2.